The summed E-state index contributed by atoms with van der Waals surface area (Å²) in [4.78, 5) is 16.3. The molecule has 2 heterocycles. The van der Waals surface area contributed by atoms with Gasteiger partial charge in [-0.25, -0.2) is 14.5 Å². The summed E-state index contributed by atoms with van der Waals surface area (Å²) in [6.07, 6.45) is 5.17. The molecule has 0 saturated carbocycles. The van der Waals surface area contributed by atoms with Gasteiger partial charge in [-0.15, -0.1) is 0 Å². The van der Waals surface area contributed by atoms with Gasteiger partial charge in [0.1, 0.15) is 5.03 Å². The van der Waals surface area contributed by atoms with Crippen LogP contribution in [0.5, 0.6) is 0 Å². The molecule has 0 amide bonds. The molecule has 4 aromatic rings. The SMILES string of the molecule is O=c1oc(/C(Cl)=C/c2cnn(-c3ccccc3)c2)nc2ccccc12. The van der Waals surface area contributed by atoms with E-state index in [2.05, 4.69) is 10.1 Å². The van der Waals surface area contributed by atoms with Gasteiger partial charge in [-0.2, -0.15) is 5.10 Å². The molecule has 4 rings (SSSR count). The van der Waals surface area contributed by atoms with E-state index >= 15 is 0 Å². The van der Waals surface area contributed by atoms with Crippen molar-refractivity contribution < 1.29 is 4.42 Å². The summed E-state index contributed by atoms with van der Waals surface area (Å²) < 4.78 is 6.96. The molecule has 0 aliphatic rings. The summed E-state index contributed by atoms with van der Waals surface area (Å²) >= 11 is 6.30. The van der Waals surface area contributed by atoms with Crippen molar-refractivity contribution >= 4 is 33.6 Å². The first-order chi connectivity index (χ1) is 12.2. The fourth-order valence-electron chi connectivity index (χ4n) is 2.46. The van der Waals surface area contributed by atoms with Crippen LogP contribution >= 0.6 is 11.6 Å². The van der Waals surface area contributed by atoms with Gasteiger partial charge in [0.25, 0.3) is 0 Å². The number of hydrogen-bond acceptors (Lipinski definition) is 4. The van der Waals surface area contributed by atoms with E-state index in [0.717, 1.165) is 11.3 Å². The van der Waals surface area contributed by atoms with Crippen molar-refractivity contribution in [1.29, 1.82) is 0 Å². The molecule has 0 spiro atoms. The second kappa shape index (κ2) is 6.37. The van der Waals surface area contributed by atoms with Crippen molar-refractivity contribution in [2.24, 2.45) is 0 Å². The molecule has 0 aliphatic heterocycles. The van der Waals surface area contributed by atoms with E-state index in [9.17, 15) is 4.79 Å². The standard InChI is InChI=1S/C19H12ClN3O2/c20-16(18-22-17-9-5-4-8-15(17)19(24)25-18)10-13-11-21-23(12-13)14-6-2-1-3-7-14/h1-12H/b16-10-. The Morgan fingerprint density at radius 1 is 1.08 bits per heavy atom. The molecule has 0 fully saturated rings. The minimum absolute atomic E-state index is 0.0813. The number of nitrogens with zero attached hydrogens (tertiary/aromatic N) is 3. The molecule has 0 radical (unpaired) electrons. The van der Waals surface area contributed by atoms with E-state index in [-0.39, 0.29) is 10.9 Å². The first-order valence-corrected chi connectivity index (χ1v) is 7.96. The van der Waals surface area contributed by atoms with Crippen LogP contribution in [0.25, 0.3) is 27.7 Å². The molecule has 122 valence electrons. The molecule has 2 aromatic carbocycles. The Labute approximate surface area is 147 Å². The summed E-state index contributed by atoms with van der Waals surface area (Å²) in [5, 5.41) is 4.96. The van der Waals surface area contributed by atoms with Gasteiger partial charge < -0.3 is 4.42 Å². The Bertz CT molecular complexity index is 1130. The van der Waals surface area contributed by atoms with Gasteiger partial charge in [-0.1, -0.05) is 41.9 Å². The largest absolute Gasteiger partial charge is 0.402 e. The van der Waals surface area contributed by atoms with Crippen LogP contribution in [-0.4, -0.2) is 14.8 Å². The monoisotopic (exact) mass is 349 g/mol. The van der Waals surface area contributed by atoms with E-state index in [4.69, 9.17) is 16.0 Å². The van der Waals surface area contributed by atoms with Crippen molar-refractivity contribution in [3.05, 3.63) is 88.9 Å². The van der Waals surface area contributed by atoms with E-state index in [1.807, 2.05) is 36.5 Å². The third kappa shape index (κ3) is 3.09. The summed E-state index contributed by atoms with van der Waals surface area (Å²) in [7, 11) is 0. The van der Waals surface area contributed by atoms with Crippen molar-refractivity contribution in [3.63, 3.8) is 0 Å². The van der Waals surface area contributed by atoms with Crippen molar-refractivity contribution in [2.45, 2.75) is 0 Å². The highest BCUT2D eigenvalue weighted by atomic mass is 35.5. The zero-order chi connectivity index (χ0) is 17.2. The highest BCUT2D eigenvalue weighted by molar-refractivity contribution is 6.50. The molecule has 25 heavy (non-hydrogen) atoms. The molecule has 0 N–H and O–H groups in total. The molecule has 0 atom stereocenters. The lowest BCUT2D eigenvalue weighted by molar-refractivity contribution is 0.489. The van der Waals surface area contributed by atoms with Crippen LogP contribution < -0.4 is 5.63 Å². The topological polar surface area (TPSA) is 60.9 Å². The second-order valence-electron chi connectivity index (χ2n) is 5.37. The molecule has 2 aromatic heterocycles. The van der Waals surface area contributed by atoms with Gasteiger partial charge >= 0.3 is 5.63 Å². The molecule has 0 bridgehead atoms. The van der Waals surface area contributed by atoms with Gasteiger partial charge in [0.15, 0.2) is 0 Å². The number of hydrogen-bond donors (Lipinski definition) is 0. The van der Waals surface area contributed by atoms with E-state index < -0.39 is 5.63 Å². The Balaban J connectivity index is 1.70. The zero-order valence-electron chi connectivity index (χ0n) is 13.0. The lowest BCUT2D eigenvalue weighted by Crippen LogP contribution is -2.03. The Morgan fingerprint density at radius 3 is 2.68 bits per heavy atom. The van der Waals surface area contributed by atoms with Gasteiger partial charge in [0, 0.05) is 11.8 Å². The van der Waals surface area contributed by atoms with Crippen LogP contribution in [0, 0.1) is 0 Å². The van der Waals surface area contributed by atoms with Crippen LogP contribution in [0.4, 0.5) is 0 Å². The Hall–Kier alpha value is -3.18. The minimum atomic E-state index is -0.466. The van der Waals surface area contributed by atoms with Crippen molar-refractivity contribution in [1.82, 2.24) is 14.8 Å². The molecule has 5 nitrogen and oxygen atoms in total. The third-order valence-corrected chi connectivity index (χ3v) is 3.93. The number of aromatic nitrogens is 3. The van der Waals surface area contributed by atoms with Gasteiger partial charge in [-0.3, -0.25) is 0 Å². The Kier molecular flexibility index (Phi) is 3.91. The summed E-state index contributed by atoms with van der Waals surface area (Å²) in [5.41, 5.74) is 1.78. The summed E-state index contributed by atoms with van der Waals surface area (Å²) in [5.74, 6) is 0.0813. The quantitative estimate of drug-likeness (QED) is 0.558. The van der Waals surface area contributed by atoms with Crippen LogP contribution in [0.2, 0.25) is 0 Å². The van der Waals surface area contributed by atoms with E-state index in [0.29, 0.717) is 10.9 Å². The third-order valence-electron chi connectivity index (χ3n) is 3.66. The maximum absolute atomic E-state index is 12.0. The number of benzene rings is 2. The van der Waals surface area contributed by atoms with Crippen molar-refractivity contribution in [3.8, 4) is 5.69 Å². The Morgan fingerprint density at radius 2 is 1.84 bits per heavy atom. The normalized spacial score (nSPS) is 11.8. The molecule has 0 unspecified atom stereocenters. The van der Waals surface area contributed by atoms with Gasteiger partial charge in [-0.05, 0) is 30.3 Å². The average Bonchev–Trinajstić information content (AvgIpc) is 3.11. The lowest BCUT2D eigenvalue weighted by atomic mass is 10.2. The average molecular weight is 350 g/mol. The first kappa shape index (κ1) is 15.4. The maximum Gasteiger partial charge on any atom is 0.347 e. The minimum Gasteiger partial charge on any atom is -0.402 e. The lowest BCUT2D eigenvalue weighted by Gasteiger charge is -2.00. The van der Waals surface area contributed by atoms with Crippen LogP contribution in [0.15, 0.2) is 76.2 Å². The zero-order valence-corrected chi connectivity index (χ0v) is 13.7. The number of para-hydroxylation sites is 2. The summed E-state index contributed by atoms with van der Waals surface area (Å²) in [6.45, 7) is 0. The van der Waals surface area contributed by atoms with Crippen LogP contribution in [0.1, 0.15) is 11.5 Å². The first-order valence-electron chi connectivity index (χ1n) is 7.58. The fourth-order valence-corrected chi connectivity index (χ4v) is 2.67. The second-order valence-corrected chi connectivity index (χ2v) is 5.78. The predicted octanol–water partition coefficient (Wildman–Crippen LogP) is 4.11. The highest BCUT2D eigenvalue weighted by Gasteiger charge is 2.09. The predicted molar refractivity (Wildman–Crippen MR) is 97.6 cm³/mol. The van der Waals surface area contributed by atoms with Gasteiger partial charge in [0.05, 0.1) is 22.8 Å². The maximum atomic E-state index is 12.0. The van der Waals surface area contributed by atoms with E-state index in [1.165, 1.54) is 0 Å². The number of fused-ring (bicyclic) bond motifs is 1. The molecule has 0 aliphatic carbocycles. The summed E-state index contributed by atoms with van der Waals surface area (Å²) in [6, 6.07) is 16.7. The fraction of sp³-hybridized carbons (Fsp3) is 0. The van der Waals surface area contributed by atoms with Crippen molar-refractivity contribution in [2.75, 3.05) is 0 Å². The molecule has 0 saturated heterocycles. The highest BCUT2D eigenvalue weighted by Crippen LogP contribution is 2.21. The van der Waals surface area contributed by atoms with E-state index in [1.54, 1.807) is 41.2 Å². The number of rotatable bonds is 3. The smallest absolute Gasteiger partial charge is 0.347 e. The van der Waals surface area contributed by atoms with Gasteiger partial charge in [0.2, 0.25) is 5.89 Å². The van der Waals surface area contributed by atoms with Crippen LogP contribution in [-0.2, 0) is 0 Å². The molecule has 6 heteroatoms. The number of halogens is 1. The molecular weight excluding hydrogens is 338 g/mol. The molecular formula is C19H12ClN3O2. The van der Waals surface area contributed by atoms with Crippen LogP contribution in [0.3, 0.4) is 0 Å².